The minimum atomic E-state index is -0.236. The Morgan fingerprint density at radius 2 is 1.63 bits per heavy atom. The third-order valence-corrected chi connectivity index (χ3v) is 5.92. The van der Waals surface area contributed by atoms with Gasteiger partial charge in [0.15, 0.2) is 5.43 Å². The molecule has 0 bridgehead atoms. The molecule has 1 aromatic heterocycles. The molecule has 0 saturated heterocycles. The van der Waals surface area contributed by atoms with Crippen molar-refractivity contribution in [2.45, 2.75) is 66.5 Å². The lowest BCUT2D eigenvalue weighted by molar-refractivity contribution is -0.134. The fourth-order valence-corrected chi connectivity index (χ4v) is 3.83. The molecule has 0 aliphatic heterocycles. The van der Waals surface area contributed by atoms with E-state index in [0.29, 0.717) is 12.1 Å². The Kier molecular flexibility index (Phi) is 6.97. The maximum absolute atomic E-state index is 13.0. The van der Waals surface area contributed by atoms with Crippen molar-refractivity contribution in [2.24, 2.45) is 0 Å². The van der Waals surface area contributed by atoms with Gasteiger partial charge in [-0.2, -0.15) is 0 Å². The summed E-state index contributed by atoms with van der Waals surface area (Å²) < 4.78 is 0. The van der Waals surface area contributed by atoms with Crippen molar-refractivity contribution < 1.29 is 4.79 Å². The summed E-state index contributed by atoms with van der Waals surface area (Å²) in [6.07, 6.45) is 0. The molecule has 0 fully saturated rings. The summed E-state index contributed by atoms with van der Waals surface area (Å²) in [5.74, 6) is -0.00730. The summed E-state index contributed by atoms with van der Waals surface area (Å²) in [5, 5.41) is 0. The first-order valence-electron chi connectivity index (χ1n) is 10.5. The molecule has 5 heteroatoms. The predicted octanol–water partition coefficient (Wildman–Crippen LogP) is 4.17. The summed E-state index contributed by atoms with van der Waals surface area (Å²) >= 11 is 0. The Bertz CT molecular complexity index is 997. The molecule has 1 amide bonds. The quantitative estimate of drug-likeness (QED) is 0.803. The van der Waals surface area contributed by atoms with E-state index in [4.69, 9.17) is 0 Å². The Morgan fingerprint density at radius 3 is 2.13 bits per heavy atom. The Labute approximate surface area is 181 Å². The number of carbonyl (C=O) groups is 1. The zero-order chi connectivity index (χ0) is 23.0. The van der Waals surface area contributed by atoms with Crippen LogP contribution in [0.1, 0.15) is 55.6 Å². The van der Waals surface area contributed by atoms with Crippen molar-refractivity contribution in [1.29, 1.82) is 0 Å². The SMILES string of the molecule is Cc1cc(C(C)(C)C)c(C)cc1-c1cc(=O)c(CN(C)C(=O)C(C)N(C)C)c(C)[nH]1. The number of aromatic nitrogens is 1. The van der Waals surface area contributed by atoms with Crippen LogP contribution in [0.25, 0.3) is 11.3 Å². The predicted molar refractivity (Wildman–Crippen MR) is 125 cm³/mol. The van der Waals surface area contributed by atoms with Crippen LogP contribution in [0.4, 0.5) is 0 Å². The van der Waals surface area contributed by atoms with Gasteiger partial charge in [0.05, 0.1) is 12.6 Å². The summed E-state index contributed by atoms with van der Waals surface area (Å²) in [4.78, 5) is 32.4. The molecule has 1 aromatic carbocycles. The minimum Gasteiger partial charge on any atom is -0.358 e. The Morgan fingerprint density at radius 1 is 1.03 bits per heavy atom. The normalized spacial score (nSPS) is 12.9. The highest BCUT2D eigenvalue weighted by Crippen LogP contribution is 2.31. The van der Waals surface area contributed by atoms with E-state index in [1.54, 1.807) is 18.0 Å². The van der Waals surface area contributed by atoms with Gasteiger partial charge in [0.2, 0.25) is 5.91 Å². The number of H-pyrrole nitrogens is 1. The molecule has 5 nitrogen and oxygen atoms in total. The van der Waals surface area contributed by atoms with E-state index < -0.39 is 0 Å². The first-order valence-corrected chi connectivity index (χ1v) is 10.5. The van der Waals surface area contributed by atoms with Gasteiger partial charge in [-0.15, -0.1) is 0 Å². The van der Waals surface area contributed by atoms with E-state index in [1.165, 1.54) is 11.1 Å². The van der Waals surface area contributed by atoms with Crippen LogP contribution in [0.2, 0.25) is 0 Å². The van der Waals surface area contributed by atoms with Crippen molar-refractivity contribution >= 4 is 5.91 Å². The van der Waals surface area contributed by atoms with E-state index >= 15 is 0 Å². The smallest absolute Gasteiger partial charge is 0.239 e. The number of carbonyl (C=O) groups excluding carboxylic acids is 1. The summed E-state index contributed by atoms with van der Waals surface area (Å²) in [7, 11) is 5.49. The highest BCUT2D eigenvalue weighted by atomic mass is 16.2. The monoisotopic (exact) mass is 411 g/mol. The number of hydrogen-bond donors (Lipinski definition) is 1. The van der Waals surface area contributed by atoms with E-state index in [0.717, 1.165) is 22.5 Å². The zero-order valence-electron chi connectivity index (χ0n) is 20.2. The third-order valence-electron chi connectivity index (χ3n) is 5.92. The largest absolute Gasteiger partial charge is 0.358 e. The second-order valence-corrected chi connectivity index (χ2v) is 9.72. The van der Waals surface area contributed by atoms with E-state index in [2.05, 4.69) is 51.7 Å². The molecule has 1 atom stereocenters. The average molecular weight is 412 g/mol. The van der Waals surface area contributed by atoms with Crippen LogP contribution < -0.4 is 5.43 Å². The summed E-state index contributed by atoms with van der Waals surface area (Å²) in [6, 6.07) is 5.81. The van der Waals surface area contributed by atoms with Gasteiger partial charge in [0.1, 0.15) is 0 Å². The van der Waals surface area contributed by atoms with Crippen LogP contribution in [0.5, 0.6) is 0 Å². The van der Waals surface area contributed by atoms with E-state index in [9.17, 15) is 9.59 Å². The number of nitrogens with one attached hydrogen (secondary N) is 1. The fourth-order valence-electron chi connectivity index (χ4n) is 3.83. The van der Waals surface area contributed by atoms with Gasteiger partial charge in [0.25, 0.3) is 0 Å². The highest BCUT2D eigenvalue weighted by Gasteiger charge is 2.22. The van der Waals surface area contributed by atoms with Gasteiger partial charge in [-0.05, 0) is 70.0 Å². The Balaban J connectivity index is 2.41. The molecular weight excluding hydrogens is 374 g/mol. The number of hydrogen-bond acceptors (Lipinski definition) is 3. The minimum absolute atomic E-state index is 0.00730. The molecule has 0 aliphatic rings. The van der Waals surface area contributed by atoms with Crippen LogP contribution in [-0.2, 0) is 16.8 Å². The number of benzene rings is 1. The number of amides is 1. The number of rotatable bonds is 5. The molecule has 2 rings (SSSR count). The van der Waals surface area contributed by atoms with Gasteiger partial charge in [-0.25, -0.2) is 0 Å². The molecule has 1 heterocycles. The standard InChI is InChI=1S/C25H37N3O2/c1-15-12-21(25(5,6)7)16(2)11-19(15)22-13-23(29)20(17(3)26-22)14-28(10)24(30)18(4)27(8)9/h11-13,18H,14H2,1-10H3,(H,26,29). The highest BCUT2D eigenvalue weighted by molar-refractivity contribution is 5.81. The van der Waals surface area contributed by atoms with Crippen molar-refractivity contribution in [3.8, 4) is 11.3 Å². The topological polar surface area (TPSA) is 56.4 Å². The van der Waals surface area contributed by atoms with Gasteiger partial charge in [-0.1, -0.05) is 26.8 Å². The first-order chi connectivity index (χ1) is 13.7. The van der Waals surface area contributed by atoms with Gasteiger partial charge in [-0.3, -0.25) is 14.5 Å². The molecule has 0 radical (unpaired) electrons. The lowest BCUT2D eigenvalue weighted by Gasteiger charge is -2.26. The van der Waals surface area contributed by atoms with Crippen LogP contribution >= 0.6 is 0 Å². The zero-order valence-corrected chi connectivity index (χ0v) is 20.2. The maximum atomic E-state index is 13.0. The molecule has 0 aliphatic carbocycles. The molecule has 0 spiro atoms. The summed E-state index contributed by atoms with van der Waals surface area (Å²) in [5.41, 5.74) is 6.98. The average Bonchev–Trinajstić information content (AvgIpc) is 2.63. The first kappa shape index (κ1) is 23.9. The maximum Gasteiger partial charge on any atom is 0.239 e. The van der Waals surface area contributed by atoms with E-state index in [1.807, 2.05) is 32.8 Å². The van der Waals surface area contributed by atoms with Crippen molar-refractivity contribution in [3.05, 3.63) is 56.4 Å². The molecule has 164 valence electrons. The van der Waals surface area contributed by atoms with Crippen molar-refractivity contribution in [3.63, 3.8) is 0 Å². The molecular formula is C25H37N3O2. The Hall–Kier alpha value is -2.40. The van der Waals surface area contributed by atoms with Gasteiger partial charge < -0.3 is 9.88 Å². The second kappa shape index (κ2) is 8.76. The van der Waals surface area contributed by atoms with E-state index in [-0.39, 0.29) is 22.8 Å². The van der Waals surface area contributed by atoms with Crippen LogP contribution in [-0.4, -0.2) is 47.9 Å². The van der Waals surface area contributed by atoms with Crippen LogP contribution in [0.15, 0.2) is 23.0 Å². The third kappa shape index (κ3) is 5.01. The molecule has 30 heavy (non-hydrogen) atoms. The van der Waals surface area contributed by atoms with Gasteiger partial charge >= 0.3 is 0 Å². The second-order valence-electron chi connectivity index (χ2n) is 9.72. The number of nitrogens with zero attached hydrogens (tertiary/aromatic N) is 2. The van der Waals surface area contributed by atoms with Crippen LogP contribution in [0.3, 0.4) is 0 Å². The van der Waals surface area contributed by atoms with Gasteiger partial charge in [0, 0.05) is 35.6 Å². The molecule has 1 unspecified atom stereocenters. The summed E-state index contributed by atoms with van der Waals surface area (Å²) in [6.45, 7) is 14.9. The molecule has 0 saturated carbocycles. The number of aromatic amines is 1. The fraction of sp³-hybridized carbons (Fsp3) is 0.520. The lowest BCUT2D eigenvalue weighted by atomic mass is 9.82. The molecule has 2 aromatic rings. The number of pyridine rings is 1. The molecule has 1 N–H and O–H groups in total. The van der Waals surface area contributed by atoms with Crippen molar-refractivity contribution in [1.82, 2.24) is 14.8 Å². The van der Waals surface area contributed by atoms with Crippen molar-refractivity contribution in [2.75, 3.05) is 21.1 Å². The van der Waals surface area contributed by atoms with Crippen LogP contribution in [0, 0.1) is 20.8 Å². The lowest BCUT2D eigenvalue weighted by Crippen LogP contribution is -2.42. The number of likely N-dealkylation sites (N-methyl/N-ethyl adjacent to an activating group) is 2. The number of aryl methyl sites for hydroxylation is 3.